The zero-order valence-corrected chi connectivity index (χ0v) is 20.3. The van der Waals surface area contributed by atoms with Crippen LogP contribution in [0.5, 0.6) is 11.5 Å². The Bertz CT molecular complexity index is 1070. The van der Waals surface area contributed by atoms with Crippen molar-refractivity contribution in [3.63, 3.8) is 0 Å². The van der Waals surface area contributed by atoms with Gasteiger partial charge in [-0.3, -0.25) is 14.6 Å². The van der Waals surface area contributed by atoms with Crippen LogP contribution in [0.15, 0.2) is 24.5 Å². The first-order chi connectivity index (χ1) is 17.1. The van der Waals surface area contributed by atoms with E-state index in [0.717, 1.165) is 12.1 Å². The summed E-state index contributed by atoms with van der Waals surface area (Å²) in [5.74, 6) is -3.48. The lowest BCUT2D eigenvalue weighted by Crippen LogP contribution is -2.46. The molecule has 0 radical (unpaired) electrons. The van der Waals surface area contributed by atoms with E-state index in [1.807, 2.05) is 13.8 Å². The molecule has 2 heterocycles. The van der Waals surface area contributed by atoms with Crippen LogP contribution < -0.4 is 14.8 Å². The summed E-state index contributed by atoms with van der Waals surface area (Å²) in [4.78, 5) is 35.2. The zero-order valence-electron chi connectivity index (χ0n) is 20.3. The van der Waals surface area contributed by atoms with Gasteiger partial charge in [0.05, 0.1) is 44.3 Å². The van der Waals surface area contributed by atoms with Crippen LogP contribution in [0.25, 0.3) is 0 Å². The molecule has 0 aliphatic carbocycles. The number of nitrogens with one attached hydrogen (secondary N) is 1. The van der Waals surface area contributed by atoms with Crippen LogP contribution in [0, 0.1) is 17.6 Å². The minimum absolute atomic E-state index is 0.0412. The summed E-state index contributed by atoms with van der Waals surface area (Å²) in [5, 5.41) is 21.2. The van der Waals surface area contributed by atoms with Crippen molar-refractivity contribution in [1.29, 1.82) is 0 Å². The van der Waals surface area contributed by atoms with Gasteiger partial charge in [0.1, 0.15) is 18.2 Å². The fraction of sp³-hybridized carbons (Fsp3) is 0.500. The molecule has 10 nitrogen and oxygen atoms in total. The van der Waals surface area contributed by atoms with Gasteiger partial charge in [-0.25, -0.2) is 9.37 Å². The number of hydrogen-bond acceptors (Lipinski definition) is 8. The number of amides is 2. The maximum atomic E-state index is 14.7. The average Bonchev–Trinajstić information content (AvgIpc) is 3.21. The molecule has 1 saturated heterocycles. The van der Waals surface area contributed by atoms with E-state index >= 15 is 0 Å². The largest absolute Gasteiger partial charge is 0.491 e. The van der Waals surface area contributed by atoms with Gasteiger partial charge >= 0.3 is 0 Å². The highest BCUT2D eigenvalue weighted by molar-refractivity contribution is 5.97. The fourth-order valence-corrected chi connectivity index (χ4v) is 3.83. The number of hydrogen-bond donors (Lipinski definition) is 3. The summed E-state index contributed by atoms with van der Waals surface area (Å²) in [6.45, 7) is 5.05. The molecule has 3 rings (SSSR count). The number of nitrogens with zero attached hydrogens (tertiary/aromatic N) is 3. The number of anilines is 1. The summed E-state index contributed by atoms with van der Waals surface area (Å²) < 4.78 is 39.6. The fourth-order valence-electron chi connectivity index (χ4n) is 3.83. The summed E-state index contributed by atoms with van der Waals surface area (Å²) >= 11 is 0. The number of rotatable bonds is 11. The van der Waals surface area contributed by atoms with E-state index in [1.165, 1.54) is 17.3 Å². The molecular formula is C24H30F2N4O6. The first kappa shape index (κ1) is 27.2. The standard InChI is InChI=1S/C24H30F2N4O6/c1-4-35-19-6-5-15(25)23(22(19)26)36-14-8-21(33)30(11-14)17(7-13(2)3)24(34)29-20-10-27-16(9-28-20)18(32)12-31/h5-6,9-10,13-14,17-18,31-32H,4,7-8,11-12H2,1-3H3,(H,28,29,34)/t14?,17-,18+/m0/s1. The molecule has 2 aromatic rings. The molecule has 1 aliphatic heterocycles. The molecule has 1 aromatic heterocycles. The number of carbonyl (C=O) groups excluding carboxylic acids is 2. The molecule has 3 atom stereocenters. The van der Waals surface area contributed by atoms with Crippen LogP contribution >= 0.6 is 0 Å². The Balaban J connectivity index is 1.74. The number of halogens is 2. The Morgan fingerprint density at radius 3 is 2.64 bits per heavy atom. The molecule has 3 N–H and O–H groups in total. The van der Waals surface area contributed by atoms with Gasteiger partial charge in [-0.15, -0.1) is 0 Å². The lowest BCUT2D eigenvalue weighted by molar-refractivity contribution is -0.135. The second-order valence-electron chi connectivity index (χ2n) is 8.77. The first-order valence-corrected chi connectivity index (χ1v) is 11.6. The van der Waals surface area contributed by atoms with Crippen molar-refractivity contribution in [3.8, 4) is 11.5 Å². The quantitative estimate of drug-likeness (QED) is 0.421. The van der Waals surface area contributed by atoms with Gasteiger partial charge in [0.2, 0.25) is 17.6 Å². The predicted molar refractivity (Wildman–Crippen MR) is 124 cm³/mol. The zero-order chi connectivity index (χ0) is 26.4. The Kier molecular flexibility index (Phi) is 9.10. The molecule has 196 valence electrons. The summed E-state index contributed by atoms with van der Waals surface area (Å²) in [5.41, 5.74) is 0.136. The van der Waals surface area contributed by atoms with Gasteiger partial charge < -0.3 is 29.9 Å². The maximum absolute atomic E-state index is 14.7. The van der Waals surface area contributed by atoms with E-state index in [9.17, 15) is 23.5 Å². The molecule has 1 aromatic carbocycles. The molecule has 12 heteroatoms. The van der Waals surface area contributed by atoms with Gasteiger partial charge in [0.15, 0.2) is 23.1 Å². The third kappa shape index (κ3) is 6.43. The van der Waals surface area contributed by atoms with Crippen molar-refractivity contribution >= 4 is 17.6 Å². The summed E-state index contributed by atoms with van der Waals surface area (Å²) in [6, 6.07) is 1.30. The van der Waals surface area contributed by atoms with Crippen LogP contribution in [0.2, 0.25) is 0 Å². The normalized spacial score (nSPS) is 17.3. The number of carbonyl (C=O) groups is 2. The van der Waals surface area contributed by atoms with Crippen LogP contribution in [0.1, 0.15) is 45.4 Å². The average molecular weight is 509 g/mol. The molecule has 2 amide bonds. The lowest BCUT2D eigenvalue weighted by atomic mass is 10.0. The number of aliphatic hydroxyl groups excluding tert-OH is 2. The number of aromatic nitrogens is 2. The summed E-state index contributed by atoms with van der Waals surface area (Å²) in [6.07, 6.45) is 0.541. The van der Waals surface area contributed by atoms with E-state index in [4.69, 9.17) is 14.6 Å². The SMILES string of the molecule is CCOc1ccc(F)c(OC2CC(=O)N([C@@H](CC(C)C)C(=O)Nc3cnc([C@H](O)CO)cn3)C2)c1F. The van der Waals surface area contributed by atoms with Crippen LogP contribution in [-0.2, 0) is 9.59 Å². The monoisotopic (exact) mass is 508 g/mol. The molecule has 0 bridgehead atoms. The van der Waals surface area contributed by atoms with Crippen LogP contribution in [-0.4, -0.2) is 68.8 Å². The lowest BCUT2D eigenvalue weighted by Gasteiger charge is -2.28. The van der Waals surface area contributed by atoms with Gasteiger partial charge in [0.25, 0.3) is 0 Å². The van der Waals surface area contributed by atoms with Crippen molar-refractivity contribution in [3.05, 3.63) is 41.9 Å². The van der Waals surface area contributed by atoms with E-state index < -0.39 is 54.1 Å². The predicted octanol–water partition coefficient (Wildman–Crippen LogP) is 2.21. The van der Waals surface area contributed by atoms with Crippen molar-refractivity contribution in [2.75, 3.05) is 25.1 Å². The topological polar surface area (TPSA) is 134 Å². The van der Waals surface area contributed by atoms with Gasteiger partial charge in [0, 0.05) is 0 Å². The Morgan fingerprint density at radius 1 is 1.28 bits per heavy atom. The minimum atomic E-state index is -1.20. The van der Waals surface area contributed by atoms with Crippen molar-refractivity contribution in [2.45, 2.75) is 51.9 Å². The maximum Gasteiger partial charge on any atom is 0.248 e. The molecule has 1 fully saturated rings. The van der Waals surface area contributed by atoms with Crippen molar-refractivity contribution < 1.29 is 38.1 Å². The molecule has 36 heavy (non-hydrogen) atoms. The highest BCUT2D eigenvalue weighted by Gasteiger charge is 2.40. The van der Waals surface area contributed by atoms with Crippen LogP contribution in [0.3, 0.4) is 0 Å². The molecule has 0 saturated carbocycles. The first-order valence-electron chi connectivity index (χ1n) is 11.6. The highest BCUT2D eigenvalue weighted by atomic mass is 19.1. The Morgan fingerprint density at radius 2 is 2.03 bits per heavy atom. The number of aliphatic hydroxyl groups is 2. The van der Waals surface area contributed by atoms with Crippen molar-refractivity contribution in [1.82, 2.24) is 14.9 Å². The van der Waals surface area contributed by atoms with E-state index in [0.29, 0.717) is 6.42 Å². The number of likely N-dealkylation sites (tertiary alicyclic amines) is 1. The molecule has 1 aliphatic rings. The Hall–Kier alpha value is -3.38. The van der Waals surface area contributed by atoms with E-state index in [-0.39, 0.29) is 42.8 Å². The van der Waals surface area contributed by atoms with Crippen LogP contribution in [0.4, 0.5) is 14.6 Å². The van der Waals surface area contributed by atoms with Crippen molar-refractivity contribution in [2.24, 2.45) is 5.92 Å². The van der Waals surface area contributed by atoms with Gasteiger partial charge in [-0.1, -0.05) is 13.8 Å². The van der Waals surface area contributed by atoms with Gasteiger partial charge in [-0.05, 0) is 31.4 Å². The number of ether oxygens (including phenoxy) is 2. The van der Waals surface area contributed by atoms with E-state index in [2.05, 4.69) is 15.3 Å². The Labute approximate surface area is 207 Å². The molecular weight excluding hydrogens is 478 g/mol. The third-order valence-corrected chi connectivity index (χ3v) is 5.53. The minimum Gasteiger partial charge on any atom is -0.491 e. The van der Waals surface area contributed by atoms with Gasteiger partial charge in [-0.2, -0.15) is 4.39 Å². The van der Waals surface area contributed by atoms with E-state index in [1.54, 1.807) is 6.92 Å². The number of benzene rings is 1. The molecule has 1 unspecified atom stereocenters. The smallest absolute Gasteiger partial charge is 0.248 e. The second kappa shape index (κ2) is 12.0. The summed E-state index contributed by atoms with van der Waals surface area (Å²) in [7, 11) is 0. The second-order valence-corrected chi connectivity index (χ2v) is 8.77. The third-order valence-electron chi connectivity index (χ3n) is 5.53. The molecule has 0 spiro atoms. The highest BCUT2D eigenvalue weighted by Crippen LogP contribution is 2.32.